The van der Waals surface area contributed by atoms with Gasteiger partial charge in [0.05, 0.1) is 5.69 Å². The topological polar surface area (TPSA) is 55.1 Å². The molecule has 100 valence electrons. The van der Waals surface area contributed by atoms with Crippen molar-refractivity contribution in [3.8, 4) is 0 Å². The first-order valence-electron chi connectivity index (χ1n) is 6.95. The lowest BCUT2D eigenvalue weighted by Crippen LogP contribution is -2.31. The van der Waals surface area contributed by atoms with Crippen LogP contribution in [0.5, 0.6) is 0 Å². The Morgan fingerprint density at radius 2 is 2.11 bits per heavy atom. The Bertz CT molecular complexity index is 406. The maximum atomic E-state index is 12.1. The molecule has 4 heteroatoms. The van der Waals surface area contributed by atoms with Crippen molar-refractivity contribution in [2.24, 2.45) is 5.92 Å². The van der Waals surface area contributed by atoms with Crippen LogP contribution in [0.2, 0.25) is 0 Å². The van der Waals surface area contributed by atoms with E-state index in [1.807, 2.05) is 6.92 Å². The second-order valence-electron chi connectivity index (χ2n) is 5.13. The molecular formula is C14H22N2O2. The lowest BCUT2D eigenvalue weighted by Gasteiger charge is -2.21. The number of carbonyl (C=O) groups is 1. The molecule has 0 unspecified atom stereocenters. The standard InChI is InChI=1S/C14H22N2O2/c1-3-12-13(10(2)18-16-12)14(17)15-9-11-7-5-4-6-8-11/h11H,3-9H2,1-2H3,(H,15,17). The molecule has 2 rings (SSSR count). The number of amides is 1. The number of hydrogen-bond donors (Lipinski definition) is 1. The second-order valence-corrected chi connectivity index (χ2v) is 5.13. The maximum absolute atomic E-state index is 12.1. The molecule has 1 amide bonds. The summed E-state index contributed by atoms with van der Waals surface area (Å²) in [6, 6.07) is 0. The van der Waals surface area contributed by atoms with Gasteiger partial charge in [-0.15, -0.1) is 0 Å². The number of carbonyl (C=O) groups excluding carboxylic acids is 1. The molecule has 18 heavy (non-hydrogen) atoms. The van der Waals surface area contributed by atoms with Crippen molar-refractivity contribution in [3.05, 3.63) is 17.0 Å². The zero-order chi connectivity index (χ0) is 13.0. The maximum Gasteiger partial charge on any atom is 0.256 e. The highest BCUT2D eigenvalue weighted by Gasteiger charge is 2.20. The van der Waals surface area contributed by atoms with E-state index in [2.05, 4.69) is 10.5 Å². The average Bonchev–Trinajstić information content (AvgIpc) is 2.78. The molecule has 1 N–H and O–H groups in total. The minimum atomic E-state index is -0.0313. The van der Waals surface area contributed by atoms with Crippen LogP contribution in [0.1, 0.15) is 60.8 Å². The van der Waals surface area contributed by atoms with Gasteiger partial charge in [0.2, 0.25) is 0 Å². The lowest BCUT2D eigenvalue weighted by atomic mass is 9.89. The summed E-state index contributed by atoms with van der Waals surface area (Å²) in [5.74, 6) is 1.23. The average molecular weight is 250 g/mol. The van der Waals surface area contributed by atoms with Crippen LogP contribution in [0.25, 0.3) is 0 Å². The molecule has 1 aromatic heterocycles. The highest BCUT2D eigenvalue weighted by molar-refractivity contribution is 5.96. The van der Waals surface area contributed by atoms with Crippen LogP contribution in [0, 0.1) is 12.8 Å². The van der Waals surface area contributed by atoms with Crippen molar-refractivity contribution >= 4 is 5.91 Å². The molecule has 0 radical (unpaired) electrons. The molecule has 1 aliphatic rings. The summed E-state index contributed by atoms with van der Waals surface area (Å²) in [7, 11) is 0. The van der Waals surface area contributed by atoms with Crippen molar-refractivity contribution in [2.45, 2.75) is 52.4 Å². The first-order chi connectivity index (χ1) is 8.72. The van der Waals surface area contributed by atoms with E-state index < -0.39 is 0 Å². The molecule has 1 aromatic rings. The number of aryl methyl sites for hydroxylation is 2. The van der Waals surface area contributed by atoms with Crippen LogP contribution < -0.4 is 5.32 Å². The van der Waals surface area contributed by atoms with Gasteiger partial charge in [0.25, 0.3) is 5.91 Å². The first-order valence-corrected chi connectivity index (χ1v) is 6.95. The summed E-state index contributed by atoms with van der Waals surface area (Å²) in [6.45, 7) is 4.56. The number of nitrogens with one attached hydrogen (secondary N) is 1. The van der Waals surface area contributed by atoms with Crippen molar-refractivity contribution in [1.29, 1.82) is 0 Å². The van der Waals surface area contributed by atoms with E-state index in [1.165, 1.54) is 32.1 Å². The largest absolute Gasteiger partial charge is 0.361 e. The molecule has 0 aliphatic heterocycles. The normalized spacial score (nSPS) is 16.8. The Labute approximate surface area is 108 Å². The van der Waals surface area contributed by atoms with Gasteiger partial charge in [-0.2, -0.15) is 0 Å². The quantitative estimate of drug-likeness (QED) is 0.894. The van der Waals surface area contributed by atoms with E-state index in [1.54, 1.807) is 6.92 Å². The van der Waals surface area contributed by atoms with Crippen molar-refractivity contribution < 1.29 is 9.32 Å². The highest BCUT2D eigenvalue weighted by Crippen LogP contribution is 2.23. The summed E-state index contributed by atoms with van der Waals surface area (Å²) in [5.41, 5.74) is 1.39. The zero-order valence-corrected chi connectivity index (χ0v) is 11.3. The van der Waals surface area contributed by atoms with Crippen LogP contribution >= 0.6 is 0 Å². The molecule has 0 atom stereocenters. The van der Waals surface area contributed by atoms with Gasteiger partial charge >= 0.3 is 0 Å². The molecule has 4 nitrogen and oxygen atoms in total. The SMILES string of the molecule is CCc1noc(C)c1C(=O)NCC1CCCCC1. The van der Waals surface area contributed by atoms with Crippen LogP contribution in [-0.2, 0) is 6.42 Å². The summed E-state index contributed by atoms with van der Waals surface area (Å²) in [4.78, 5) is 12.1. The number of nitrogens with zero attached hydrogens (tertiary/aromatic N) is 1. The molecule has 0 saturated heterocycles. The van der Waals surface area contributed by atoms with Gasteiger partial charge in [0.15, 0.2) is 0 Å². The fourth-order valence-corrected chi connectivity index (χ4v) is 2.67. The van der Waals surface area contributed by atoms with Gasteiger partial charge in [0.1, 0.15) is 11.3 Å². The van der Waals surface area contributed by atoms with Crippen LogP contribution in [0.3, 0.4) is 0 Å². The van der Waals surface area contributed by atoms with Gasteiger partial charge in [-0.25, -0.2) is 0 Å². The molecule has 0 bridgehead atoms. The Morgan fingerprint density at radius 1 is 1.39 bits per heavy atom. The molecule has 0 aromatic carbocycles. The van der Waals surface area contributed by atoms with Gasteiger partial charge < -0.3 is 9.84 Å². The van der Waals surface area contributed by atoms with E-state index in [0.29, 0.717) is 17.2 Å². The predicted molar refractivity (Wildman–Crippen MR) is 69.5 cm³/mol. The first kappa shape index (κ1) is 13.1. The van der Waals surface area contributed by atoms with Gasteiger partial charge in [-0.05, 0) is 32.1 Å². The van der Waals surface area contributed by atoms with E-state index in [4.69, 9.17) is 4.52 Å². The van der Waals surface area contributed by atoms with E-state index in [-0.39, 0.29) is 5.91 Å². The van der Waals surface area contributed by atoms with Gasteiger partial charge in [0, 0.05) is 6.54 Å². The number of hydrogen-bond acceptors (Lipinski definition) is 3. The Morgan fingerprint density at radius 3 is 2.78 bits per heavy atom. The molecular weight excluding hydrogens is 228 g/mol. The smallest absolute Gasteiger partial charge is 0.256 e. The fourth-order valence-electron chi connectivity index (χ4n) is 2.67. The zero-order valence-electron chi connectivity index (χ0n) is 11.3. The summed E-state index contributed by atoms with van der Waals surface area (Å²) in [5, 5.41) is 6.95. The molecule has 1 heterocycles. The minimum absolute atomic E-state index is 0.0313. The molecule has 1 fully saturated rings. The van der Waals surface area contributed by atoms with Crippen molar-refractivity contribution in [3.63, 3.8) is 0 Å². The molecule has 1 saturated carbocycles. The van der Waals surface area contributed by atoms with Gasteiger partial charge in [-0.3, -0.25) is 4.79 Å². The lowest BCUT2D eigenvalue weighted by molar-refractivity contribution is 0.0941. The number of rotatable bonds is 4. The van der Waals surface area contributed by atoms with E-state index >= 15 is 0 Å². The van der Waals surface area contributed by atoms with Crippen molar-refractivity contribution in [2.75, 3.05) is 6.54 Å². The summed E-state index contributed by atoms with van der Waals surface area (Å²) < 4.78 is 5.09. The summed E-state index contributed by atoms with van der Waals surface area (Å²) in [6.07, 6.45) is 7.14. The monoisotopic (exact) mass is 250 g/mol. The highest BCUT2D eigenvalue weighted by atomic mass is 16.5. The van der Waals surface area contributed by atoms with Crippen LogP contribution in [-0.4, -0.2) is 17.6 Å². The number of aromatic nitrogens is 1. The van der Waals surface area contributed by atoms with Crippen molar-refractivity contribution in [1.82, 2.24) is 10.5 Å². The third kappa shape index (κ3) is 2.92. The van der Waals surface area contributed by atoms with E-state index in [0.717, 1.165) is 18.7 Å². The minimum Gasteiger partial charge on any atom is -0.361 e. The van der Waals surface area contributed by atoms with E-state index in [9.17, 15) is 4.79 Å². The third-order valence-corrected chi connectivity index (χ3v) is 3.77. The van der Waals surface area contributed by atoms with Gasteiger partial charge in [-0.1, -0.05) is 31.3 Å². The molecule has 0 spiro atoms. The second kappa shape index (κ2) is 6.03. The van der Waals surface area contributed by atoms with Crippen LogP contribution in [0.4, 0.5) is 0 Å². The fraction of sp³-hybridized carbons (Fsp3) is 0.714. The third-order valence-electron chi connectivity index (χ3n) is 3.77. The Kier molecular flexibility index (Phi) is 4.39. The van der Waals surface area contributed by atoms with Crippen LogP contribution in [0.15, 0.2) is 4.52 Å². The predicted octanol–water partition coefficient (Wildman–Crippen LogP) is 2.86. The molecule has 1 aliphatic carbocycles. The Hall–Kier alpha value is -1.32. The summed E-state index contributed by atoms with van der Waals surface area (Å²) >= 11 is 0. The Balaban J connectivity index is 1.92.